The second kappa shape index (κ2) is 7.07. The van der Waals surface area contributed by atoms with Crippen LogP contribution in [-0.2, 0) is 13.1 Å². The molecule has 0 fully saturated rings. The van der Waals surface area contributed by atoms with Crippen LogP contribution in [0.5, 0.6) is 0 Å². The van der Waals surface area contributed by atoms with E-state index in [0.717, 1.165) is 37.8 Å². The van der Waals surface area contributed by atoms with Gasteiger partial charge in [0.25, 0.3) is 0 Å². The molecule has 0 aromatic carbocycles. The molecule has 4 rings (SSSR count). The second-order valence-corrected chi connectivity index (χ2v) is 6.99. The third-order valence-electron chi connectivity index (χ3n) is 4.56. The number of hydrogen-bond acceptors (Lipinski definition) is 6. The lowest BCUT2D eigenvalue weighted by Gasteiger charge is -2.18. The Hall–Kier alpha value is -3.02. The average molecular weight is 348 g/mol. The Morgan fingerprint density at radius 3 is 1.46 bits per heavy atom. The third-order valence-corrected chi connectivity index (χ3v) is 4.56. The maximum atomic E-state index is 4.60. The van der Waals surface area contributed by atoms with Gasteiger partial charge in [-0.05, 0) is 23.3 Å². The Kier molecular flexibility index (Phi) is 4.48. The van der Waals surface area contributed by atoms with Gasteiger partial charge in [-0.15, -0.1) is 0 Å². The molecule has 0 atom stereocenters. The highest BCUT2D eigenvalue weighted by atomic mass is 15.3. The molecule has 0 radical (unpaired) electrons. The van der Waals surface area contributed by atoms with Crippen LogP contribution in [-0.4, -0.2) is 57.0 Å². The van der Waals surface area contributed by atoms with E-state index >= 15 is 0 Å². The smallest absolute Gasteiger partial charge is 0.0894 e. The van der Waals surface area contributed by atoms with Gasteiger partial charge in [0.05, 0.1) is 24.7 Å². The van der Waals surface area contributed by atoms with Gasteiger partial charge < -0.3 is 19.6 Å². The molecule has 0 saturated carbocycles. The molecule has 2 aromatic rings. The van der Waals surface area contributed by atoms with Gasteiger partial charge in [-0.2, -0.15) is 0 Å². The number of rotatable bonds is 5. The van der Waals surface area contributed by atoms with Crippen LogP contribution >= 0.6 is 0 Å². The SMILES string of the molecule is CN1C=CN(Cc2ccc(-c3ccc(CN4C=CN(C)C4)cn3)nc2)C1. The molecule has 6 heteroatoms. The van der Waals surface area contributed by atoms with Crippen molar-refractivity contribution in [2.75, 3.05) is 27.4 Å². The van der Waals surface area contributed by atoms with Crippen LogP contribution in [0.4, 0.5) is 0 Å². The summed E-state index contributed by atoms with van der Waals surface area (Å²) in [7, 11) is 4.15. The van der Waals surface area contributed by atoms with Gasteiger partial charge in [0.1, 0.15) is 0 Å². The van der Waals surface area contributed by atoms with Gasteiger partial charge in [-0.25, -0.2) is 0 Å². The molecule has 0 bridgehead atoms. The van der Waals surface area contributed by atoms with Crippen LogP contribution in [0.3, 0.4) is 0 Å². The highest BCUT2D eigenvalue weighted by Crippen LogP contribution is 2.18. The van der Waals surface area contributed by atoms with E-state index in [9.17, 15) is 0 Å². The van der Waals surface area contributed by atoms with E-state index in [1.807, 2.05) is 12.4 Å². The Balaban J connectivity index is 1.38. The molecule has 0 unspecified atom stereocenters. The molecule has 2 aliphatic heterocycles. The van der Waals surface area contributed by atoms with Crippen molar-refractivity contribution in [3.63, 3.8) is 0 Å². The lowest BCUT2D eigenvalue weighted by Crippen LogP contribution is -2.22. The van der Waals surface area contributed by atoms with Gasteiger partial charge >= 0.3 is 0 Å². The largest absolute Gasteiger partial charge is 0.362 e. The number of hydrogen-bond donors (Lipinski definition) is 0. The fourth-order valence-electron chi connectivity index (χ4n) is 3.19. The van der Waals surface area contributed by atoms with E-state index in [1.165, 1.54) is 11.1 Å². The zero-order chi connectivity index (χ0) is 17.9. The highest BCUT2D eigenvalue weighted by Gasteiger charge is 2.11. The van der Waals surface area contributed by atoms with Crippen LogP contribution in [0.15, 0.2) is 61.5 Å². The first-order chi connectivity index (χ1) is 12.7. The first-order valence-corrected chi connectivity index (χ1v) is 8.81. The van der Waals surface area contributed by atoms with Crippen LogP contribution in [0.25, 0.3) is 11.4 Å². The Morgan fingerprint density at radius 1 is 0.692 bits per heavy atom. The van der Waals surface area contributed by atoms with Gasteiger partial charge in [0.15, 0.2) is 0 Å². The van der Waals surface area contributed by atoms with E-state index in [2.05, 4.69) is 92.7 Å². The minimum Gasteiger partial charge on any atom is -0.362 e. The molecule has 0 saturated heterocycles. The van der Waals surface area contributed by atoms with Gasteiger partial charge in [0.2, 0.25) is 0 Å². The summed E-state index contributed by atoms with van der Waals surface area (Å²) in [5.41, 5.74) is 4.23. The predicted octanol–water partition coefficient (Wildman–Crippen LogP) is 2.50. The van der Waals surface area contributed by atoms with E-state index in [-0.39, 0.29) is 0 Å². The predicted molar refractivity (Wildman–Crippen MR) is 102 cm³/mol. The maximum Gasteiger partial charge on any atom is 0.0894 e. The van der Waals surface area contributed by atoms with Crippen molar-refractivity contribution < 1.29 is 0 Å². The summed E-state index contributed by atoms with van der Waals surface area (Å²) in [6, 6.07) is 8.38. The van der Waals surface area contributed by atoms with Crippen molar-refractivity contribution in [3.8, 4) is 11.4 Å². The fraction of sp³-hybridized carbons (Fsp3) is 0.300. The summed E-state index contributed by atoms with van der Waals surface area (Å²) in [5.74, 6) is 0. The summed E-state index contributed by atoms with van der Waals surface area (Å²) < 4.78 is 0. The fourth-order valence-corrected chi connectivity index (χ4v) is 3.19. The molecular formula is C20H24N6. The summed E-state index contributed by atoms with van der Waals surface area (Å²) in [5, 5.41) is 0. The normalized spacial score (nSPS) is 16.2. The Labute approximate surface area is 154 Å². The molecule has 0 N–H and O–H groups in total. The third kappa shape index (κ3) is 3.79. The van der Waals surface area contributed by atoms with Crippen molar-refractivity contribution in [2.45, 2.75) is 13.1 Å². The molecule has 0 aliphatic carbocycles. The number of aromatic nitrogens is 2. The van der Waals surface area contributed by atoms with Crippen LogP contribution in [0.2, 0.25) is 0 Å². The van der Waals surface area contributed by atoms with E-state index < -0.39 is 0 Å². The van der Waals surface area contributed by atoms with Crippen molar-refractivity contribution in [2.24, 2.45) is 0 Å². The molecule has 26 heavy (non-hydrogen) atoms. The maximum absolute atomic E-state index is 4.60. The highest BCUT2D eigenvalue weighted by molar-refractivity contribution is 5.54. The minimum atomic E-state index is 0.873. The average Bonchev–Trinajstić information content (AvgIpc) is 3.24. The quantitative estimate of drug-likeness (QED) is 0.827. The van der Waals surface area contributed by atoms with E-state index in [4.69, 9.17) is 0 Å². The van der Waals surface area contributed by atoms with E-state index in [1.54, 1.807) is 0 Å². The molecule has 0 spiro atoms. The second-order valence-electron chi connectivity index (χ2n) is 6.99. The summed E-state index contributed by atoms with van der Waals surface area (Å²) in [6.45, 7) is 3.59. The molecule has 134 valence electrons. The standard InChI is InChI=1S/C20H24N6/c1-23-7-9-25(15-23)13-17-3-5-19(21-11-17)20-6-4-18(12-22-20)14-26-10-8-24(2)16-26/h3-12H,13-16H2,1-2H3. The van der Waals surface area contributed by atoms with Crippen molar-refractivity contribution in [1.82, 2.24) is 29.6 Å². The van der Waals surface area contributed by atoms with Crippen molar-refractivity contribution >= 4 is 0 Å². The van der Waals surface area contributed by atoms with Crippen molar-refractivity contribution in [1.29, 1.82) is 0 Å². The van der Waals surface area contributed by atoms with Crippen LogP contribution in [0, 0.1) is 0 Å². The summed E-state index contributed by atoms with van der Waals surface area (Å²) in [6.07, 6.45) is 12.3. The lowest BCUT2D eigenvalue weighted by molar-refractivity contribution is 0.290. The molecule has 6 nitrogen and oxygen atoms in total. The topological polar surface area (TPSA) is 38.7 Å². The Morgan fingerprint density at radius 2 is 1.15 bits per heavy atom. The van der Waals surface area contributed by atoms with Crippen molar-refractivity contribution in [3.05, 3.63) is 72.6 Å². The minimum absolute atomic E-state index is 0.873. The van der Waals surface area contributed by atoms with Gasteiger partial charge in [-0.3, -0.25) is 9.97 Å². The number of nitrogens with zero attached hydrogens (tertiary/aromatic N) is 6. The zero-order valence-electron chi connectivity index (χ0n) is 15.3. The first kappa shape index (κ1) is 16.4. The van der Waals surface area contributed by atoms with E-state index in [0.29, 0.717) is 0 Å². The molecule has 2 aliphatic rings. The molecule has 0 amide bonds. The van der Waals surface area contributed by atoms with Gasteiger partial charge in [0, 0.05) is 64.4 Å². The van der Waals surface area contributed by atoms with Crippen LogP contribution in [0.1, 0.15) is 11.1 Å². The first-order valence-electron chi connectivity index (χ1n) is 8.81. The van der Waals surface area contributed by atoms with Gasteiger partial charge in [-0.1, -0.05) is 12.1 Å². The molecule has 4 heterocycles. The summed E-state index contributed by atoms with van der Waals surface area (Å²) in [4.78, 5) is 18.0. The molecular weight excluding hydrogens is 324 g/mol. The monoisotopic (exact) mass is 348 g/mol. The Bertz CT molecular complexity index is 727. The lowest BCUT2D eigenvalue weighted by atomic mass is 10.2. The summed E-state index contributed by atoms with van der Waals surface area (Å²) >= 11 is 0. The molecule has 2 aromatic heterocycles. The zero-order valence-corrected chi connectivity index (χ0v) is 15.3. The number of pyridine rings is 2. The van der Waals surface area contributed by atoms with Crippen LogP contribution < -0.4 is 0 Å².